The van der Waals surface area contributed by atoms with Crippen molar-refractivity contribution in [2.45, 2.75) is 32.3 Å². The van der Waals surface area contributed by atoms with Crippen LogP contribution in [0.1, 0.15) is 30.4 Å². The summed E-state index contributed by atoms with van der Waals surface area (Å²) < 4.78 is 5.88. The monoisotopic (exact) mass is 334 g/mol. The van der Waals surface area contributed by atoms with Crippen LogP contribution in [0.4, 0.5) is 0 Å². The Kier molecular flexibility index (Phi) is 5.68. The Morgan fingerprint density at radius 3 is 2.32 bits per heavy atom. The van der Waals surface area contributed by atoms with Gasteiger partial charge < -0.3 is 9.84 Å². The SMILES string of the molecule is O=C(O)CCCCc1ccc(OCc2ccc3ccccc3c2)cc1. The molecule has 0 saturated carbocycles. The van der Waals surface area contributed by atoms with Crippen molar-refractivity contribution in [3.05, 3.63) is 77.9 Å². The summed E-state index contributed by atoms with van der Waals surface area (Å²) in [5, 5.41) is 11.1. The van der Waals surface area contributed by atoms with E-state index in [-0.39, 0.29) is 6.42 Å². The first-order valence-corrected chi connectivity index (χ1v) is 8.62. The third-order valence-electron chi connectivity index (χ3n) is 4.25. The maximum Gasteiger partial charge on any atom is 0.303 e. The largest absolute Gasteiger partial charge is 0.489 e. The molecule has 0 fully saturated rings. The predicted octanol–water partition coefficient (Wildman–Crippen LogP) is 5.22. The molecule has 128 valence electrons. The number of hydrogen-bond acceptors (Lipinski definition) is 2. The molecule has 0 amide bonds. The van der Waals surface area contributed by atoms with Gasteiger partial charge in [0.25, 0.3) is 0 Å². The third kappa shape index (κ3) is 5.08. The molecule has 3 nitrogen and oxygen atoms in total. The fourth-order valence-electron chi connectivity index (χ4n) is 2.85. The van der Waals surface area contributed by atoms with Crippen LogP contribution in [0.5, 0.6) is 5.75 Å². The molecule has 3 rings (SSSR count). The summed E-state index contributed by atoms with van der Waals surface area (Å²) in [5.74, 6) is 0.125. The maximum absolute atomic E-state index is 10.5. The summed E-state index contributed by atoms with van der Waals surface area (Å²) in [5.41, 5.74) is 2.36. The number of carboxylic acids is 1. The average molecular weight is 334 g/mol. The molecular weight excluding hydrogens is 312 g/mol. The van der Waals surface area contributed by atoms with Crippen LogP contribution < -0.4 is 4.74 Å². The summed E-state index contributed by atoms with van der Waals surface area (Å²) in [7, 11) is 0. The second-order valence-corrected chi connectivity index (χ2v) is 6.21. The molecule has 0 unspecified atom stereocenters. The van der Waals surface area contributed by atoms with Gasteiger partial charge in [0.15, 0.2) is 0 Å². The molecule has 1 N–H and O–H groups in total. The second-order valence-electron chi connectivity index (χ2n) is 6.21. The van der Waals surface area contributed by atoms with E-state index in [1.807, 2.05) is 24.3 Å². The quantitative estimate of drug-likeness (QED) is 0.575. The molecule has 0 aromatic heterocycles. The minimum atomic E-state index is -0.725. The molecule has 3 aromatic carbocycles. The van der Waals surface area contributed by atoms with E-state index in [0.717, 1.165) is 30.6 Å². The molecule has 0 spiro atoms. The lowest BCUT2D eigenvalue weighted by atomic mass is 10.1. The van der Waals surface area contributed by atoms with E-state index in [1.165, 1.54) is 16.3 Å². The predicted molar refractivity (Wildman–Crippen MR) is 99.9 cm³/mol. The molecule has 0 saturated heterocycles. The highest BCUT2D eigenvalue weighted by molar-refractivity contribution is 5.82. The van der Waals surface area contributed by atoms with Crippen LogP contribution in [0.2, 0.25) is 0 Å². The zero-order chi connectivity index (χ0) is 17.5. The van der Waals surface area contributed by atoms with Gasteiger partial charge in [-0.25, -0.2) is 0 Å². The highest BCUT2D eigenvalue weighted by Crippen LogP contribution is 2.19. The number of fused-ring (bicyclic) bond motifs is 1. The number of benzene rings is 3. The molecule has 0 aliphatic rings. The number of aliphatic carboxylic acids is 1. The molecule has 3 heteroatoms. The van der Waals surface area contributed by atoms with E-state index in [0.29, 0.717) is 6.61 Å². The highest BCUT2D eigenvalue weighted by atomic mass is 16.5. The van der Waals surface area contributed by atoms with Crippen LogP contribution in [0.25, 0.3) is 10.8 Å². The minimum absolute atomic E-state index is 0.243. The maximum atomic E-state index is 10.5. The standard InChI is InChI=1S/C22H22O3/c23-22(24)8-4-1-5-17-10-13-21(14-11-17)25-16-18-9-12-19-6-2-3-7-20(19)15-18/h2-3,6-7,9-15H,1,4-5,8,16H2,(H,23,24). The van der Waals surface area contributed by atoms with E-state index < -0.39 is 5.97 Å². The number of carbonyl (C=O) groups is 1. The smallest absolute Gasteiger partial charge is 0.303 e. The lowest BCUT2D eigenvalue weighted by Gasteiger charge is -2.08. The van der Waals surface area contributed by atoms with Crippen LogP contribution in [-0.4, -0.2) is 11.1 Å². The van der Waals surface area contributed by atoms with Gasteiger partial charge >= 0.3 is 5.97 Å². The van der Waals surface area contributed by atoms with Crippen LogP contribution in [0, 0.1) is 0 Å². The van der Waals surface area contributed by atoms with Gasteiger partial charge in [-0.2, -0.15) is 0 Å². The Balaban J connectivity index is 1.51. The summed E-state index contributed by atoms with van der Waals surface area (Å²) >= 11 is 0. The van der Waals surface area contributed by atoms with Gasteiger partial charge in [-0.3, -0.25) is 4.79 Å². The molecule has 0 heterocycles. The van der Waals surface area contributed by atoms with E-state index >= 15 is 0 Å². The van der Waals surface area contributed by atoms with Crippen molar-refractivity contribution in [3.8, 4) is 5.75 Å². The Hall–Kier alpha value is -2.81. The van der Waals surface area contributed by atoms with Gasteiger partial charge in [0.05, 0.1) is 0 Å². The molecule has 0 atom stereocenters. The van der Waals surface area contributed by atoms with Gasteiger partial charge in [0.2, 0.25) is 0 Å². The second kappa shape index (κ2) is 8.34. The van der Waals surface area contributed by atoms with Gasteiger partial charge in [-0.15, -0.1) is 0 Å². The Morgan fingerprint density at radius 2 is 1.56 bits per heavy atom. The third-order valence-corrected chi connectivity index (χ3v) is 4.25. The van der Waals surface area contributed by atoms with Crippen molar-refractivity contribution >= 4 is 16.7 Å². The van der Waals surface area contributed by atoms with Gasteiger partial charge in [-0.1, -0.05) is 48.5 Å². The van der Waals surface area contributed by atoms with Crippen LogP contribution >= 0.6 is 0 Å². The summed E-state index contributed by atoms with van der Waals surface area (Å²) in [4.78, 5) is 10.5. The van der Waals surface area contributed by atoms with Crippen molar-refractivity contribution in [1.29, 1.82) is 0 Å². The highest BCUT2D eigenvalue weighted by Gasteiger charge is 2.01. The first-order chi connectivity index (χ1) is 12.2. The summed E-state index contributed by atoms with van der Waals surface area (Å²) in [6, 6.07) is 22.7. The molecule has 25 heavy (non-hydrogen) atoms. The first-order valence-electron chi connectivity index (χ1n) is 8.62. The Morgan fingerprint density at radius 1 is 0.840 bits per heavy atom. The zero-order valence-corrected chi connectivity index (χ0v) is 14.2. The summed E-state index contributed by atoms with van der Waals surface area (Å²) in [6.07, 6.45) is 2.75. The fraction of sp³-hybridized carbons (Fsp3) is 0.227. The number of carboxylic acid groups (broad SMARTS) is 1. The lowest BCUT2D eigenvalue weighted by molar-refractivity contribution is -0.137. The van der Waals surface area contributed by atoms with E-state index in [4.69, 9.17) is 9.84 Å². The Labute approximate surface area is 147 Å². The number of aryl methyl sites for hydroxylation is 1. The van der Waals surface area contributed by atoms with Gasteiger partial charge in [-0.05, 0) is 59.4 Å². The van der Waals surface area contributed by atoms with Crippen LogP contribution in [0.15, 0.2) is 66.7 Å². The number of ether oxygens (including phenoxy) is 1. The van der Waals surface area contributed by atoms with Crippen molar-refractivity contribution in [1.82, 2.24) is 0 Å². The van der Waals surface area contributed by atoms with Crippen LogP contribution in [-0.2, 0) is 17.8 Å². The molecule has 0 aliphatic carbocycles. The van der Waals surface area contributed by atoms with Crippen molar-refractivity contribution in [3.63, 3.8) is 0 Å². The topological polar surface area (TPSA) is 46.5 Å². The van der Waals surface area contributed by atoms with Crippen molar-refractivity contribution in [2.75, 3.05) is 0 Å². The van der Waals surface area contributed by atoms with E-state index in [2.05, 4.69) is 42.5 Å². The number of hydrogen-bond donors (Lipinski definition) is 1. The number of rotatable bonds is 8. The molecule has 0 radical (unpaired) electrons. The zero-order valence-electron chi connectivity index (χ0n) is 14.2. The van der Waals surface area contributed by atoms with Gasteiger partial charge in [0, 0.05) is 6.42 Å². The van der Waals surface area contributed by atoms with Crippen molar-refractivity contribution < 1.29 is 14.6 Å². The fourth-order valence-corrected chi connectivity index (χ4v) is 2.85. The normalized spacial score (nSPS) is 10.7. The van der Waals surface area contributed by atoms with E-state index in [1.54, 1.807) is 0 Å². The molecule has 0 aliphatic heterocycles. The Bertz CT molecular complexity index is 837. The minimum Gasteiger partial charge on any atom is -0.489 e. The number of unbranched alkanes of at least 4 members (excludes halogenated alkanes) is 1. The van der Waals surface area contributed by atoms with Crippen molar-refractivity contribution in [2.24, 2.45) is 0 Å². The average Bonchev–Trinajstić information content (AvgIpc) is 2.64. The molecule has 3 aromatic rings. The molecule has 0 bridgehead atoms. The summed E-state index contributed by atoms with van der Waals surface area (Å²) in [6.45, 7) is 0.544. The van der Waals surface area contributed by atoms with E-state index in [9.17, 15) is 4.79 Å². The van der Waals surface area contributed by atoms with Gasteiger partial charge in [0.1, 0.15) is 12.4 Å². The first kappa shape index (κ1) is 17.0. The molecular formula is C22H22O3. The lowest BCUT2D eigenvalue weighted by Crippen LogP contribution is -1.96. The van der Waals surface area contributed by atoms with Crippen LogP contribution in [0.3, 0.4) is 0 Å².